The summed E-state index contributed by atoms with van der Waals surface area (Å²) in [6.07, 6.45) is 5.25. The van der Waals surface area contributed by atoms with Crippen LogP contribution in [0.2, 0.25) is 0 Å². The molecule has 1 heterocycles. The van der Waals surface area contributed by atoms with Crippen molar-refractivity contribution in [1.29, 1.82) is 0 Å². The summed E-state index contributed by atoms with van der Waals surface area (Å²) in [6.45, 7) is 0.592. The summed E-state index contributed by atoms with van der Waals surface area (Å²) in [5, 5.41) is 0. The van der Waals surface area contributed by atoms with E-state index in [0.717, 1.165) is 24.8 Å². The van der Waals surface area contributed by atoms with Gasteiger partial charge in [0.2, 0.25) is 0 Å². The van der Waals surface area contributed by atoms with Crippen LogP contribution in [0, 0.1) is 5.82 Å². The van der Waals surface area contributed by atoms with Crippen molar-refractivity contribution in [3.63, 3.8) is 0 Å². The lowest BCUT2D eigenvalue weighted by Crippen LogP contribution is -2.18. The van der Waals surface area contributed by atoms with Crippen molar-refractivity contribution in [1.82, 2.24) is 4.57 Å². The second-order valence-electron chi connectivity index (χ2n) is 4.94. The quantitative estimate of drug-likeness (QED) is 0.865. The van der Waals surface area contributed by atoms with E-state index < -0.39 is 0 Å². The molecule has 0 saturated carbocycles. The molecule has 1 aliphatic rings. The van der Waals surface area contributed by atoms with Gasteiger partial charge in [-0.1, -0.05) is 18.2 Å². The zero-order chi connectivity index (χ0) is 12.5. The number of hydrogen-bond acceptors (Lipinski definition) is 1. The third-order valence-electron chi connectivity index (χ3n) is 3.74. The van der Waals surface area contributed by atoms with E-state index in [-0.39, 0.29) is 11.9 Å². The average Bonchev–Trinajstić information content (AvgIpc) is 2.77. The minimum Gasteiger partial charge on any atom is -0.347 e. The maximum atomic E-state index is 13.7. The summed E-state index contributed by atoms with van der Waals surface area (Å²) >= 11 is 0. The molecule has 18 heavy (non-hydrogen) atoms. The van der Waals surface area contributed by atoms with Crippen molar-refractivity contribution in [3.05, 3.63) is 59.2 Å². The molecule has 1 aromatic heterocycles. The Morgan fingerprint density at radius 2 is 2.11 bits per heavy atom. The summed E-state index contributed by atoms with van der Waals surface area (Å²) in [5.41, 5.74) is 9.34. The topological polar surface area (TPSA) is 30.9 Å². The van der Waals surface area contributed by atoms with Crippen molar-refractivity contribution in [2.24, 2.45) is 5.73 Å². The van der Waals surface area contributed by atoms with Crippen LogP contribution in [0.15, 0.2) is 36.5 Å². The molecule has 3 rings (SSSR count). The molecule has 0 aliphatic heterocycles. The van der Waals surface area contributed by atoms with Gasteiger partial charge in [0.1, 0.15) is 5.82 Å². The number of rotatable bonds is 2. The molecule has 0 fully saturated rings. The zero-order valence-electron chi connectivity index (χ0n) is 10.3. The van der Waals surface area contributed by atoms with Crippen LogP contribution in [-0.2, 0) is 13.0 Å². The van der Waals surface area contributed by atoms with Crippen LogP contribution in [0.3, 0.4) is 0 Å². The minimum absolute atomic E-state index is 0.139. The van der Waals surface area contributed by atoms with E-state index in [4.69, 9.17) is 5.73 Å². The fourth-order valence-electron chi connectivity index (χ4n) is 2.75. The lowest BCUT2D eigenvalue weighted by molar-refractivity contribution is 0.542. The van der Waals surface area contributed by atoms with Gasteiger partial charge in [-0.2, -0.15) is 0 Å². The molecule has 0 amide bonds. The number of aromatic nitrogens is 1. The fraction of sp³-hybridized carbons (Fsp3) is 0.333. The Morgan fingerprint density at radius 1 is 1.28 bits per heavy atom. The summed E-state index contributed by atoms with van der Waals surface area (Å²) in [5.74, 6) is -0.139. The van der Waals surface area contributed by atoms with Gasteiger partial charge in [0.05, 0.1) is 6.54 Å². The van der Waals surface area contributed by atoms with Crippen LogP contribution < -0.4 is 5.73 Å². The van der Waals surface area contributed by atoms with E-state index in [2.05, 4.69) is 10.6 Å². The van der Waals surface area contributed by atoms with Crippen LogP contribution in [-0.4, -0.2) is 4.57 Å². The summed E-state index contributed by atoms with van der Waals surface area (Å²) in [4.78, 5) is 0. The fourth-order valence-corrected chi connectivity index (χ4v) is 2.75. The van der Waals surface area contributed by atoms with E-state index in [1.54, 1.807) is 6.07 Å². The number of halogens is 1. The van der Waals surface area contributed by atoms with E-state index in [9.17, 15) is 4.39 Å². The maximum Gasteiger partial charge on any atom is 0.128 e. The molecule has 2 nitrogen and oxygen atoms in total. The molecule has 2 aromatic rings. The molecular weight excluding hydrogens is 227 g/mol. The van der Waals surface area contributed by atoms with Crippen LogP contribution >= 0.6 is 0 Å². The Balaban J connectivity index is 1.92. The number of nitrogens with zero attached hydrogens (tertiary/aromatic N) is 1. The third-order valence-corrected chi connectivity index (χ3v) is 3.74. The predicted octanol–water partition coefficient (Wildman–Crippen LogP) is 3.01. The van der Waals surface area contributed by atoms with Gasteiger partial charge in [0, 0.05) is 23.5 Å². The Bertz CT molecular complexity index is 559. The first kappa shape index (κ1) is 11.5. The average molecular weight is 244 g/mol. The normalized spacial score (nSPS) is 18.7. The second-order valence-corrected chi connectivity index (χ2v) is 4.94. The van der Waals surface area contributed by atoms with Gasteiger partial charge in [-0.05, 0) is 37.0 Å². The Labute approximate surface area is 106 Å². The van der Waals surface area contributed by atoms with Gasteiger partial charge in [0.25, 0.3) is 0 Å². The number of nitrogens with two attached hydrogens (primary N) is 1. The van der Waals surface area contributed by atoms with Crippen molar-refractivity contribution in [2.75, 3.05) is 0 Å². The van der Waals surface area contributed by atoms with Crippen LogP contribution in [0.4, 0.5) is 4.39 Å². The van der Waals surface area contributed by atoms with Crippen molar-refractivity contribution >= 4 is 0 Å². The first-order chi connectivity index (χ1) is 8.75. The third kappa shape index (κ3) is 1.95. The summed E-state index contributed by atoms with van der Waals surface area (Å²) < 4.78 is 15.8. The second kappa shape index (κ2) is 4.58. The standard InChI is InChI=1S/C15H17FN2/c16-13-5-2-1-4-11(13)10-18-9-8-12-14(17)6-3-7-15(12)18/h1-2,4-5,8-9,14H,3,6-7,10,17H2. The lowest BCUT2D eigenvalue weighted by atomic mass is 9.93. The Kier molecular flexibility index (Phi) is 2.92. The maximum absolute atomic E-state index is 13.7. The van der Waals surface area contributed by atoms with Crippen molar-refractivity contribution in [3.8, 4) is 0 Å². The highest BCUT2D eigenvalue weighted by atomic mass is 19.1. The largest absolute Gasteiger partial charge is 0.347 e. The van der Waals surface area contributed by atoms with E-state index in [1.165, 1.54) is 17.3 Å². The van der Waals surface area contributed by atoms with Crippen LogP contribution in [0.25, 0.3) is 0 Å². The lowest BCUT2D eigenvalue weighted by Gasteiger charge is -2.21. The number of hydrogen-bond donors (Lipinski definition) is 1. The van der Waals surface area contributed by atoms with Gasteiger partial charge in [-0.3, -0.25) is 0 Å². The highest BCUT2D eigenvalue weighted by molar-refractivity contribution is 5.30. The molecule has 0 radical (unpaired) electrons. The number of fused-ring (bicyclic) bond motifs is 1. The van der Waals surface area contributed by atoms with Gasteiger partial charge in [-0.25, -0.2) is 4.39 Å². The van der Waals surface area contributed by atoms with Crippen molar-refractivity contribution in [2.45, 2.75) is 31.8 Å². The molecule has 2 N–H and O–H groups in total. The van der Waals surface area contributed by atoms with E-state index in [0.29, 0.717) is 6.54 Å². The minimum atomic E-state index is -0.139. The zero-order valence-corrected chi connectivity index (χ0v) is 10.3. The summed E-state index contributed by atoms with van der Waals surface area (Å²) in [7, 11) is 0. The van der Waals surface area contributed by atoms with E-state index >= 15 is 0 Å². The molecule has 3 heteroatoms. The first-order valence-corrected chi connectivity index (χ1v) is 6.42. The molecule has 0 saturated heterocycles. The first-order valence-electron chi connectivity index (χ1n) is 6.42. The summed E-state index contributed by atoms with van der Waals surface area (Å²) in [6, 6.07) is 9.18. The molecule has 1 unspecified atom stereocenters. The van der Waals surface area contributed by atoms with E-state index in [1.807, 2.05) is 18.3 Å². The highest BCUT2D eigenvalue weighted by Crippen LogP contribution is 2.29. The predicted molar refractivity (Wildman–Crippen MR) is 69.8 cm³/mol. The van der Waals surface area contributed by atoms with Crippen LogP contribution in [0.1, 0.15) is 35.7 Å². The number of benzene rings is 1. The molecule has 1 aliphatic carbocycles. The molecule has 1 atom stereocenters. The molecule has 94 valence electrons. The smallest absolute Gasteiger partial charge is 0.128 e. The molecule has 0 bridgehead atoms. The highest BCUT2D eigenvalue weighted by Gasteiger charge is 2.20. The monoisotopic (exact) mass is 244 g/mol. The van der Waals surface area contributed by atoms with Crippen molar-refractivity contribution < 1.29 is 4.39 Å². The van der Waals surface area contributed by atoms with Gasteiger partial charge in [-0.15, -0.1) is 0 Å². The van der Waals surface area contributed by atoms with Gasteiger partial charge >= 0.3 is 0 Å². The Hall–Kier alpha value is -1.61. The molecule has 1 aromatic carbocycles. The van der Waals surface area contributed by atoms with Gasteiger partial charge in [0.15, 0.2) is 0 Å². The van der Waals surface area contributed by atoms with Crippen LogP contribution in [0.5, 0.6) is 0 Å². The SMILES string of the molecule is NC1CCCc2c1ccn2Cc1ccccc1F. The van der Waals surface area contributed by atoms with Gasteiger partial charge < -0.3 is 10.3 Å². The Morgan fingerprint density at radius 3 is 2.94 bits per heavy atom. The molecular formula is C15H17FN2. The molecule has 0 spiro atoms.